The van der Waals surface area contributed by atoms with Gasteiger partial charge in [0.1, 0.15) is 5.82 Å². The minimum absolute atomic E-state index is 0.0934. The maximum absolute atomic E-state index is 12.8. The summed E-state index contributed by atoms with van der Waals surface area (Å²) >= 11 is 0. The minimum atomic E-state index is -0.413. The third kappa shape index (κ3) is 2.30. The number of nitro benzene ring substituents is 1. The summed E-state index contributed by atoms with van der Waals surface area (Å²) in [6.07, 6.45) is 0. The lowest BCUT2D eigenvalue weighted by Crippen LogP contribution is -1.91. The van der Waals surface area contributed by atoms with E-state index in [-0.39, 0.29) is 11.5 Å². The third-order valence-electron chi connectivity index (χ3n) is 2.57. The topological polar surface area (TPSA) is 43.1 Å². The van der Waals surface area contributed by atoms with E-state index in [1.165, 1.54) is 18.2 Å². The molecule has 0 aliphatic heterocycles. The fourth-order valence-electron chi connectivity index (χ4n) is 1.68. The van der Waals surface area contributed by atoms with Gasteiger partial charge in [-0.3, -0.25) is 10.1 Å². The smallest absolute Gasteiger partial charge is 0.258 e. The summed E-state index contributed by atoms with van der Waals surface area (Å²) in [5.41, 5.74) is 2.37. The molecule has 2 aromatic carbocycles. The van der Waals surface area contributed by atoms with Gasteiger partial charge >= 0.3 is 0 Å². The molecule has 0 bridgehead atoms. The van der Waals surface area contributed by atoms with Gasteiger partial charge in [-0.25, -0.2) is 4.39 Å². The predicted molar refractivity (Wildman–Crippen MR) is 63.2 cm³/mol. The van der Waals surface area contributed by atoms with Crippen molar-refractivity contribution in [3.8, 4) is 11.1 Å². The summed E-state index contributed by atoms with van der Waals surface area (Å²) in [5, 5.41) is 10.7. The first kappa shape index (κ1) is 11.3. The van der Waals surface area contributed by atoms with Gasteiger partial charge in [0.2, 0.25) is 0 Å². The molecule has 0 N–H and O–H groups in total. The van der Waals surface area contributed by atoms with Crippen LogP contribution in [0, 0.1) is 22.9 Å². The van der Waals surface area contributed by atoms with Crippen LogP contribution < -0.4 is 0 Å². The summed E-state index contributed by atoms with van der Waals surface area (Å²) in [6, 6.07) is 10.9. The Morgan fingerprint density at radius 1 is 1.06 bits per heavy atom. The fraction of sp³-hybridized carbons (Fsp3) is 0.0769. The summed E-state index contributed by atoms with van der Waals surface area (Å²) in [5.74, 6) is -0.299. The lowest BCUT2D eigenvalue weighted by Gasteiger charge is -2.03. The molecule has 0 heterocycles. The van der Waals surface area contributed by atoms with Crippen molar-refractivity contribution >= 4 is 5.69 Å². The molecular formula is C13H10FNO2. The second-order valence-corrected chi connectivity index (χ2v) is 3.77. The van der Waals surface area contributed by atoms with E-state index >= 15 is 0 Å². The van der Waals surface area contributed by atoms with Gasteiger partial charge in [0.25, 0.3) is 5.69 Å². The first-order valence-electron chi connectivity index (χ1n) is 5.09. The molecule has 0 saturated carbocycles. The first-order chi connectivity index (χ1) is 8.08. The lowest BCUT2D eigenvalue weighted by atomic mass is 10.0. The molecule has 17 heavy (non-hydrogen) atoms. The van der Waals surface area contributed by atoms with E-state index in [1.54, 1.807) is 31.2 Å². The van der Waals surface area contributed by atoms with Crippen molar-refractivity contribution in [2.75, 3.05) is 0 Å². The van der Waals surface area contributed by atoms with Gasteiger partial charge in [0.05, 0.1) is 4.92 Å². The Kier molecular flexibility index (Phi) is 2.87. The highest BCUT2D eigenvalue weighted by atomic mass is 19.1. The van der Waals surface area contributed by atoms with Gasteiger partial charge in [-0.2, -0.15) is 0 Å². The monoisotopic (exact) mass is 231 g/mol. The Balaban J connectivity index is 2.44. The fourth-order valence-corrected chi connectivity index (χ4v) is 1.68. The molecule has 0 radical (unpaired) electrons. The van der Waals surface area contributed by atoms with Crippen molar-refractivity contribution in [1.82, 2.24) is 0 Å². The van der Waals surface area contributed by atoms with E-state index in [0.29, 0.717) is 5.56 Å². The molecule has 0 aliphatic rings. The molecule has 2 rings (SSSR count). The molecule has 0 atom stereocenters. The zero-order valence-electron chi connectivity index (χ0n) is 9.18. The van der Waals surface area contributed by atoms with E-state index in [9.17, 15) is 14.5 Å². The molecule has 0 aliphatic carbocycles. The number of nitro groups is 1. The number of nitrogens with zero attached hydrogens (tertiary/aromatic N) is 1. The number of halogens is 1. The molecular weight excluding hydrogens is 221 g/mol. The van der Waals surface area contributed by atoms with E-state index in [4.69, 9.17) is 0 Å². The largest absolute Gasteiger partial charge is 0.272 e. The number of hydrogen-bond acceptors (Lipinski definition) is 2. The lowest BCUT2D eigenvalue weighted by molar-refractivity contribution is -0.385. The van der Waals surface area contributed by atoms with Crippen LogP contribution in [-0.4, -0.2) is 4.92 Å². The Morgan fingerprint density at radius 2 is 1.65 bits per heavy atom. The van der Waals surface area contributed by atoms with Crippen LogP contribution in [0.25, 0.3) is 11.1 Å². The standard InChI is InChI=1S/C13H10FNO2/c1-9-8-11(4-7-13(9)15(16)17)10-2-5-12(14)6-3-10/h2-8H,1H3. The summed E-state index contributed by atoms with van der Waals surface area (Å²) in [6.45, 7) is 1.69. The van der Waals surface area contributed by atoms with Gasteiger partial charge < -0.3 is 0 Å². The Morgan fingerprint density at radius 3 is 2.18 bits per heavy atom. The third-order valence-corrected chi connectivity index (χ3v) is 2.57. The van der Waals surface area contributed by atoms with Crippen LogP contribution in [0.5, 0.6) is 0 Å². The summed E-state index contributed by atoms with van der Waals surface area (Å²) < 4.78 is 12.8. The number of rotatable bonds is 2. The van der Waals surface area contributed by atoms with Gasteiger partial charge in [-0.05, 0) is 42.3 Å². The Bertz CT molecular complexity index is 564. The molecule has 0 unspecified atom stereocenters. The molecule has 0 aromatic heterocycles. The van der Waals surface area contributed by atoms with Crippen molar-refractivity contribution < 1.29 is 9.31 Å². The first-order valence-corrected chi connectivity index (χ1v) is 5.09. The van der Waals surface area contributed by atoms with Crippen LogP contribution in [0.4, 0.5) is 10.1 Å². The number of benzene rings is 2. The summed E-state index contributed by atoms with van der Waals surface area (Å²) in [4.78, 5) is 10.3. The van der Waals surface area contributed by atoms with Gasteiger partial charge in [-0.1, -0.05) is 12.1 Å². The highest BCUT2D eigenvalue weighted by Crippen LogP contribution is 2.26. The average Bonchev–Trinajstić information content (AvgIpc) is 2.29. The molecule has 86 valence electrons. The minimum Gasteiger partial charge on any atom is -0.258 e. The van der Waals surface area contributed by atoms with E-state index in [1.807, 2.05) is 0 Å². The van der Waals surface area contributed by atoms with Gasteiger partial charge in [-0.15, -0.1) is 0 Å². The Hall–Kier alpha value is -2.23. The van der Waals surface area contributed by atoms with Crippen LogP contribution in [-0.2, 0) is 0 Å². The molecule has 3 nitrogen and oxygen atoms in total. The van der Waals surface area contributed by atoms with Crippen molar-refractivity contribution in [3.63, 3.8) is 0 Å². The van der Waals surface area contributed by atoms with Crippen LogP contribution in [0.1, 0.15) is 5.56 Å². The van der Waals surface area contributed by atoms with Crippen molar-refractivity contribution in [1.29, 1.82) is 0 Å². The summed E-state index contributed by atoms with van der Waals surface area (Å²) in [7, 11) is 0. The van der Waals surface area contributed by atoms with E-state index < -0.39 is 4.92 Å². The average molecular weight is 231 g/mol. The van der Waals surface area contributed by atoms with Crippen LogP contribution in [0.2, 0.25) is 0 Å². The van der Waals surface area contributed by atoms with E-state index in [2.05, 4.69) is 0 Å². The molecule has 2 aromatic rings. The normalized spacial score (nSPS) is 10.2. The zero-order valence-corrected chi connectivity index (χ0v) is 9.18. The van der Waals surface area contributed by atoms with Crippen molar-refractivity contribution in [2.45, 2.75) is 6.92 Å². The van der Waals surface area contributed by atoms with Crippen LogP contribution in [0.3, 0.4) is 0 Å². The number of aryl methyl sites for hydroxylation is 1. The van der Waals surface area contributed by atoms with Gasteiger partial charge in [0, 0.05) is 11.6 Å². The molecule has 0 saturated heterocycles. The van der Waals surface area contributed by atoms with E-state index in [0.717, 1.165) is 11.1 Å². The maximum Gasteiger partial charge on any atom is 0.272 e. The highest BCUT2D eigenvalue weighted by molar-refractivity contribution is 5.66. The zero-order chi connectivity index (χ0) is 12.4. The highest BCUT2D eigenvalue weighted by Gasteiger charge is 2.10. The SMILES string of the molecule is Cc1cc(-c2ccc(F)cc2)ccc1[N+](=O)[O-]. The number of hydrogen-bond donors (Lipinski definition) is 0. The maximum atomic E-state index is 12.8. The second kappa shape index (κ2) is 4.33. The van der Waals surface area contributed by atoms with Crippen molar-refractivity contribution in [3.05, 3.63) is 64.0 Å². The molecule has 0 fully saturated rings. The van der Waals surface area contributed by atoms with Crippen LogP contribution in [0.15, 0.2) is 42.5 Å². The molecule has 4 heteroatoms. The molecule has 0 spiro atoms. The second-order valence-electron chi connectivity index (χ2n) is 3.77. The van der Waals surface area contributed by atoms with Crippen LogP contribution >= 0.6 is 0 Å². The quantitative estimate of drug-likeness (QED) is 0.584. The van der Waals surface area contributed by atoms with Gasteiger partial charge in [0.15, 0.2) is 0 Å². The van der Waals surface area contributed by atoms with Crippen molar-refractivity contribution in [2.24, 2.45) is 0 Å². The molecule has 0 amide bonds. The predicted octanol–water partition coefficient (Wildman–Crippen LogP) is 3.71. The Labute approximate surface area is 97.7 Å².